The molecule has 0 atom stereocenters. The van der Waals surface area contributed by atoms with E-state index in [9.17, 15) is 4.79 Å². The first-order valence-electron chi connectivity index (χ1n) is 9.92. The number of methoxy groups -OCH3 is 1. The molecule has 6 nitrogen and oxygen atoms in total. The summed E-state index contributed by atoms with van der Waals surface area (Å²) in [6.45, 7) is 4.99. The molecule has 0 aliphatic carbocycles. The maximum Gasteiger partial charge on any atom is 0.238 e. The number of ether oxygens (including phenoxy) is 1. The van der Waals surface area contributed by atoms with E-state index in [0.717, 1.165) is 38.2 Å². The van der Waals surface area contributed by atoms with E-state index in [2.05, 4.69) is 44.4 Å². The molecular weight excluding hydrogens is 364 g/mol. The Labute approximate surface area is 171 Å². The summed E-state index contributed by atoms with van der Waals surface area (Å²) >= 11 is 0. The van der Waals surface area contributed by atoms with Crippen molar-refractivity contribution < 1.29 is 9.53 Å². The van der Waals surface area contributed by atoms with Crippen molar-refractivity contribution >= 4 is 22.5 Å². The van der Waals surface area contributed by atoms with Gasteiger partial charge in [0.15, 0.2) is 0 Å². The summed E-state index contributed by atoms with van der Waals surface area (Å²) in [5.74, 6) is 0.668. The smallest absolute Gasteiger partial charge is 0.238 e. The van der Waals surface area contributed by atoms with Crippen LogP contribution in [0.4, 0.5) is 5.69 Å². The topological polar surface area (TPSA) is 57.7 Å². The standard InChI is InChI=1S/C23H26N4O2/c1-29-22-7-3-2-6-21(22)25-23(28)17-27-13-11-26(12-14-27)16-18-8-9-20-19(15-18)5-4-10-24-20/h2-10,15H,11-14,16-17H2,1H3,(H,25,28). The Morgan fingerprint density at radius 3 is 2.66 bits per heavy atom. The third-order valence-corrected chi connectivity index (χ3v) is 5.29. The maximum atomic E-state index is 12.4. The molecule has 4 rings (SSSR count). The molecule has 0 saturated carbocycles. The number of amides is 1. The van der Waals surface area contributed by atoms with Crippen LogP contribution in [-0.2, 0) is 11.3 Å². The van der Waals surface area contributed by atoms with Crippen LogP contribution in [0.2, 0.25) is 0 Å². The fourth-order valence-electron chi connectivity index (χ4n) is 3.73. The van der Waals surface area contributed by atoms with Gasteiger partial charge in [-0.1, -0.05) is 24.3 Å². The molecule has 0 spiro atoms. The number of hydrogen-bond acceptors (Lipinski definition) is 5. The third-order valence-electron chi connectivity index (χ3n) is 5.29. The molecule has 1 N–H and O–H groups in total. The van der Waals surface area contributed by atoms with Crippen molar-refractivity contribution in [3.63, 3.8) is 0 Å². The minimum atomic E-state index is -0.00928. The second-order valence-corrected chi connectivity index (χ2v) is 7.33. The van der Waals surface area contributed by atoms with Crippen molar-refractivity contribution in [3.8, 4) is 5.75 Å². The van der Waals surface area contributed by atoms with Crippen LogP contribution in [0.15, 0.2) is 60.8 Å². The normalized spacial score (nSPS) is 15.3. The zero-order valence-electron chi connectivity index (χ0n) is 16.7. The molecule has 1 saturated heterocycles. The predicted molar refractivity (Wildman–Crippen MR) is 115 cm³/mol. The van der Waals surface area contributed by atoms with Crippen LogP contribution in [0.3, 0.4) is 0 Å². The number of aromatic nitrogens is 1. The Bertz CT molecular complexity index is 983. The molecule has 2 aromatic carbocycles. The van der Waals surface area contributed by atoms with Gasteiger partial charge in [0.25, 0.3) is 0 Å². The second-order valence-electron chi connectivity index (χ2n) is 7.33. The van der Waals surface area contributed by atoms with Gasteiger partial charge in [0, 0.05) is 44.3 Å². The highest BCUT2D eigenvalue weighted by Crippen LogP contribution is 2.23. The van der Waals surface area contributed by atoms with Crippen LogP contribution >= 0.6 is 0 Å². The average Bonchev–Trinajstić information content (AvgIpc) is 2.75. The lowest BCUT2D eigenvalue weighted by molar-refractivity contribution is -0.117. The van der Waals surface area contributed by atoms with Crippen molar-refractivity contribution in [2.45, 2.75) is 6.54 Å². The predicted octanol–water partition coefficient (Wildman–Crippen LogP) is 3.00. The van der Waals surface area contributed by atoms with Gasteiger partial charge in [-0.25, -0.2) is 0 Å². The number of nitrogens with one attached hydrogen (secondary N) is 1. The highest BCUT2D eigenvalue weighted by atomic mass is 16.5. The SMILES string of the molecule is COc1ccccc1NC(=O)CN1CCN(Cc2ccc3ncccc3c2)CC1. The monoisotopic (exact) mass is 390 g/mol. The van der Waals surface area contributed by atoms with E-state index in [4.69, 9.17) is 4.74 Å². The molecule has 2 heterocycles. The first-order chi connectivity index (χ1) is 14.2. The highest BCUT2D eigenvalue weighted by Gasteiger charge is 2.19. The minimum Gasteiger partial charge on any atom is -0.495 e. The van der Waals surface area contributed by atoms with Crippen LogP contribution in [-0.4, -0.2) is 60.5 Å². The number of piperazine rings is 1. The molecule has 1 aliphatic rings. The van der Waals surface area contributed by atoms with E-state index < -0.39 is 0 Å². The lowest BCUT2D eigenvalue weighted by Gasteiger charge is -2.34. The molecule has 1 amide bonds. The summed E-state index contributed by atoms with van der Waals surface area (Å²) in [7, 11) is 1.61. The molecule has 1 fully saturated rings. The Hall–Kier alpha value is -2.96. The summed E-state index contributed by atoms with van der Waals surface area (Å²) in [4.78, 5) is 21.4. The molecule has 29 heavy (non-hydrogen) atoms. The number of carbonyl (C=O) groups is 1. The molecule has 0 radical (unpaired) electrons. The summed E-state index contributed by atoms with van der Waals surface area (Å²) < 4.78 is 5.29. The van der Waals surface area contributed by atoms with Crippen LogP contribution < -0.4 is 10.1 Å². The van der Waals surface area contributed by atoms with E-state index in [1.165, 1.54) is 10.9 Å². The Morgan fingerprint density at radius 1 is 1.03 bits per heavy atom. The van der Waals surface area contributed by atoms with Gasteiger partial charge < -0.3 is 10.1 Å². The van der Waals surface area contributed by atoms with Gasteiger partial charge in [-0.15, -0.1) is 0 Å². The zero-order valence-corrected chi connectivity index (χ0v) is 16.7. The molecule has 0 bridgehead atoms. The van der Waals surface area contributed by atoms with Crippen molar-refractivity contribution in [1.82, 2.24) is 14.8 Å². The fraction of sp³-hybridized carbons (Fsp3) is 0.304. The van der Waals surface area contributed by atoms with Gasteiger partial charge in [-0.05, 0) is 35.9 Å². The number of nitrogens with zero attached hydrogens (tertiary/aromatic N) is 3. The summed E-state index contributed by atoms with van der Waals surface area (Å²) in [5.41, 5.74) is 3.04. The maximum absolute atomic E-state index is 12.4. The number of anilines is 1. The number of carbonyl (C=O) groups excluding carboxylic acids is 1. The van der Waals surface area contributed by atoms with Gasteiger partial charge >= 0.3 is 0 Å². The van der Waals surface area contributed by atoms with Crippen molar-refractivity contribution in [2.75, 3.05) is 45.2 Å². The molecule has 150 valence electrons. The third kappa shape index (κ3) is 4.91. The highest BCUT2D eigenvalue weighted by molar-refractivity contribution is 5.93. The van der Waals surface area contributed by atoms with E-state index in [1.54, 1.807) is 7.11 Å². The minimum absolute atomic E-state index is 0.00928. The van der Waals surface area contributed by atoms with Crippen LogP contribution in [0.25, 0.3) is 10.9 Å². The summed E-state index contributed by atoms with van der Waals surface area (Å²) in [6, 6.07) is 18.0. The van der Waals surface area contributed by atoms with Gasteiger partial charge in [-0.3, -0.25) is 19.6 Å². The zero-order chi connectivity index (χ0) is 20.1. The number of fused-ring (bicyclic) bond motifs is 1. The van der Waals surface area contributed by atoms with Crippen molar-refractivity contribution in [1.29, 1.82) is 0 Å². The number of hydrogen-bond donors (Lipinski definition) is 1. The van der Waals surface area contributed by atoms with E-state index >= 15 is 0 Å². The fourth-order valence-corrected chi connectivity index (χ4v) is 3.73. The molecule has 6 heteroatoms. The lowest BCUT2D eigenvalue weighted by Crippen LogP contribution is -2.48. The Balaban J connectivity index is 1.27. The molecular formula is C23H26N4O2. The molecule has 1 aliphatic heterocycles. The first kappa shape index (κ1) is 19.4. The quantitative estimate of drug-likeness (QED) is 0.701. The largest absolute Gasteiger partial charge is 0.495 e. The molecule has 3 aromatic rings. The van der Waals surface area contributed by atoms with Crippen LogP contribution in [0.5, 0.6) is 5.75 Å². The van der Waals surface area contributed by atoms with E-state index in [-0.39, 0.29) is 5.91 Å². The van der Waals surface area contributed by atoms with Crippen LogP contribution in [0.1, 0.15) is 5.56 Å². The number of para-hydroxylation sites is 2. The van der Waals surface area contributed by atoms with Crippen molar-refractivity contribution in [2.24, 2.45) is 0 Å². The average molecular weight is 390 g/mol. The van der Waals surface area contributed by atoms with E-state index in [0.29, 0.717) is 18.0 Å². The second kappa shape index (κ2) is 9.03. The summed E-state index contributed by atoms with van der Waals surface area (Å²) in [5, 5.41) is 4.13. The van der Waals surface area contributed by atoms with E-state index in [1.807, 2.05) is 36.5 Å². The van der Waals surface area contributed by atoms with Gasteiger partial charge in [0.05, 0.1) is 24.9 Å². The van der Waals surface area contributed by atoms with Gasteiger partial charge in [0.2, 0.25) is 5.91 Å². The first-order valence-corrected chi connectivity index (χ1v) is 9.92. The lowest BCUT2D eigenvalue weighted by atomic mass is 10.1. The Kier molecular flexibility index (Phi) is 6.03. The molecule has 0 unspecified atom stereocenters. The number of benzene rings is 2. The number of rotatable bonds is 6. The Morgan fingerprint density at radius 2 is 1.83 bits per heavy atom. The van der Waals surface area contributed by atoms with Gasteiger partial charge in [0.1, 0.15) is 5.75 Å². The molecule has 1 aromatic heterocycles. The van der Waals surface area contributed by atoms with Gasteiger partial charge in [-0.2, -0.15) is 0 Å². The summed E-state index contributed by atoms with van der Waals surface area (Å²) in [6.07, 6.45) is 1.82. The van der Waals surface area contributed by atoms with Crippen LogP contribution in [0, 0.1) is 0 Å². The van der Waals surface area contributed by atoms with Crippen molar-refractivity contribution in [3.05, 3.63) is 66.4 Å². The number of pyridine rings is 1.